The van der Waals surface area contributed by atoms with Gasteiger partial charge in [0.15, 0.2) is 24.2 Å². The van der Waals surface area contributed by atoms with E-state index in [-0.39, 0.29) is 38.8 Å². The highest BCUT2D eigenvalue weighted by atomic mass is 16.9. The van der Waals surface area contributed by atoms with Crippen LogP contribution in [-0.4, -0.2) is 143 Å². The smallest absolute Gasteiger partial charge is 0.407 e. The summed E-state index contributed by atoms with van der Waals surface area (Å²) in [4.78, 5) is 63.8. The van der Waals surface area contributed by atoms with Gasteiger partial charge in [0.25, 0.3) is 0 Å². The Morgan fingerprint density at radius 2 is 1.11 bits per heavy atom. The minimum Gasteiger partial charge on any atom is -0.469 e. The second-order valence-electron chi connectivity index (χ2n) is 15.2. The van der Waals surface area contributed by atoms with Gasteiger partial charge in [-0.05, 0) is 48.5 Å². The van der Waals surface area contributed by atoms with Crippen molar-refractivity contribution in [3.05, 3.63) is 0 Å². The lowest BCUT2D eigenvalue weighted by Gasteiger charge is -2.31. The Morgan fingerprint density at radius 3 is 1.55 bits per heavy atom. The quantitative estimate of drug-likeness (QED) is 0.153. The van der Waals surface area contributed by atoms with E-state index in [0.29, 0.717) is 0 Å². The van der Waals surface area contributed by atoms with Gasteiger partial charge in [0.2, 0.25) is 17.7 Å². The second kappa shape index (κ2) is 17.5. The first-order valence-corrected chi connectivity index (χ1v) is 17.7. The van der Waals surface area contributed by atoms with E-state index in [4.69, 9.17) is 42.6 Å². The number of nitrogens with one attached hydrogen (secondary N) is 4. The molecule has 4 N–H and O–H groups in total. The van der Waals surface area contributed by atoms with Crippen molar-refractivity contribution in [2.45, 2.75) is 153 Å². The van der Waals surface area contributed by atoms with E-state index >= 15 is 0 Å². The number of esters is 1. The summed E-state index contributed by atoms with van der Waals surface area (Å²) in [5.41, 5.74) is -0.808. The van der Waals surface area contributed by atoms with Gasteiger partial charge >= 0.3 is 12.1 Å². The van der Waals surface area contributed by atoms with Gasteiger partial charge in [-0.25, -0.2) is 4.79 Å². The molecule has 53 heavy (non-hydrogen) atoms. The zero-order valence-corrected chi connectivity index (χ0v) is 32.1. The molecule has 4 fully saturated rings. The van der Waals surface area contributed by atoms with Crippen LogP contribution in [0.1, 0.15) is 74.1 Å². The Kier molecular flexibility index (Phi) is 14.1. The monoisotopic (exact) mass is 760 g/mol. The fourth-order valence-corrected chi connectivity index (χ4v) is 6.69. The number of hydrogen-bond acceptors (Lipinski definition) is 15. The summed E-state index contributed by atoms with van der Waals surface area (Å²) in [6.07, 6.45) is -7.33. The molecule has 19 heteroatoms. The molecule has 4 rings (SSSR count). The van der Waals surface area contributed by atoms with Crippen molar-refractivity contribution in [1.29, 1.82) is 0 Å². The lowest BCUT2D eigenvalue weighted by atomic mass is 9.99. The molecule has 4 amide bonds. The SMILES string of the molecule is COC(=O)CCNC(=O)CC(NC(=O)CCNC(=O)CC(NC(=O)OC(C)(C)C)C1OC2OC(C)(C)OC2C1OC)C1OC2OC(C)(C)OC2C1OC. The topological polar surface area (TPSA) is 226 Å². The second-order valence-corrected chi connectivity index (χ2v) is 15.2. The van der Waals surface area contributed by atoms with Gasteiger partial charge < -0.3 is 68.6 Å². The van der Waals surface area contributed by atoms with Crippen molar-refractivity contribution < 1.29 is 71.3 Å². The molecule has 4 aliphatic rings. The Morgan fingerprint density at radius 1 is 0.660 bits per heavy atom. The molecule has 0 radical (unpaired) electrons. The van der Waals surface area contributed by atoms with Crippen LogP contribution in [0.5, 0.6) is 0 Å². The fourth-order valence-electron chi connectivity index (χ4n) is 6.69. The van der Waals surface area contributed by atoms with Crippen LogP contribution in [0, 0.1) is 0 Å². The Labute approximate surface area is 309 Å². The summed E-state index contributed by atoms with van der Waals surface area (Å²) in [6.45, 7) is 12.0. The van der Waals surface area contributed by atoms with Gasteiger partial charge in [0.1, 0.15) is 42.2 Å². The molecular formula is C34H56N4O15. The van der Waals surface area contributed by atoms with Crippen LogP contribution in [0.15, 0.2) is 0 Å². The van der Waals surface area contributed by atoms with E-state index in [1.165, 1.54) is 21.3 Å². The van der Waals surface area contributed by atoms with E-state index in [1.54, 1.807) is 48.5 Å². The summed E-state index contributed by atoms with van der Waals surface area (Å²) < 4.78 is 57.3. The predicted molar refractivity (Wildman–Crippen MR) is 181 cm³/mol. The first-order valence-electron chi connectivity index (χ1n) is 17.7. The van der Waals surface area contributed by atoms with Gasteiger partial charge in [-0.1, -0.05) is 0 Å². The maximum Gasteiger partial charge on any atom is 0.407 e. The van der Waals surface area contributed by atoms with Crippen LogP contribution in [0.4, 0.5) is 4.79 Å². The third-order valence-electron chi connectivity index (χ3n) is 8.80. The number of methoxy groups -OCH3 is 3. The molecule has 0 aliphatic carbocycles. The molecule has 10 unspecified atom stereocenters. The molecule has 0 saturated carbocycles. The number of fused-ring (bicyclic) bond motifs is 2. The summed E-state index contributed by atoms with van der Waals surface area (Å²) in [6, 6.07) is -1.82. The van der Waals surface area contributed by atoms with Crippen LogP contribution in [0.3, 0.4) is 0 Å². The first kappa shape index (κ1) is 42.6. The number of rotatable bonds is 16. The minimum absolute atomic E-state index is 0.0310. The number of ether oxygens (including phenoxy) is 10. The third kappa shape index (κ3) is 11.7. The number of hydrogen-bond donors (Lipinski definition) is 4. The molecule has 4 saturated heterocycles. The lowest BCUT2D eigenvalue weighted by molar-refractivity contribution is -0.220. The Hall–Kier alpha value is -3.17. The molecule has 0 aromatic heterocycles. The molecule has 4 heterocycles. The van der Waals surface area contributed by atoms with E-state index in [9.17, 15) is 24.0 Å². The molecule has 10 atom stereocenters. The fraction of sp³-hybridized carbons (Fsp3) is 0.853. The summed E-state index contributed by atoms with van der Waals surface area (Å²) >= 11 is 0. The van der Waals surface area contributed by atoms with E-state index in [1.807, 2.05) is 0 Å². The van der Waals surface area contributed by atoms with E-state index < -0.39 is 108 Å². The van der Waals surface area contributed by atoms with Crippen LogP contribution in [0.25, 0.3) is 0 Å². The molecule has 0 aromatic carbocycles. The predicted octanol–water partition coefficient (Wildman–Crippen LogP) is 0.113. The highest BCUT2D eigenvalue weighted by Crippen LogP contribution is 2.41. The first-order chi connectivity index (χ1) is 24.7. The van der Waals surface area contributed by atoms with Crippen LogP contribution in [-0.2, 0) is 66.5 Å². The van der Waals surface area contributed by atoms with Crippen LogP contribution < -0.4 is 21.3 Å². The van der Waals surface area contributed by atoms with Gasteiger partial charge in [-0.3, -0.25) is 19.2 Å². The van der Waals surface area contributed by atoms with Crippen molar-refractivity contribution >= 4 is 29.8 Å². The summed E-state index contributed by atoms with van der Waals surface area (Å²) in [5, 5.41) is 10.9. The highest BCUT2D eigenvalue weighted by molar-refractivity contribution is 5.82. The summed E-state index contributed by atoms with van der Waals surface area (Å²) in [7, 11) is 4.18. The van der Waals surface area contributed by atoms with Crippen molar-refractivity contribution in [2.75, 3.05) is 34.4 Å². The van der Waals surface area contributed by atoms with Gasteiger partial charge in [-0.15, -0.1) is 0 Å². The zero-order chi connectivity index (χ0) is 39.3. The normalized spacial score (nSPS) is 30.8. The van der Waals surface area contributed by atoms with Crippen molar-refractivity contribution in [2.24, 2.45) is 0 Å². The minimum atomic E-state index is -0.925. The molecule has 0 bridgehead atoms. The maximum atomic E-state index is 13.3. The lowest BCUT2D eigenvalue weighted by Crippen LogP contribution is -2.53. The van der Waals surface area contributed by atoms with Crippen LogP contribution in [0.2, 0.25) is 0 Å². The maximum absolute atomic E-state index is 13.3. The standard InChI is InChI=1S/C34H56N4O15/c1-32(2,3)53-31(43)38-18(24-26(46-10)28-30(48-24)52-34(6,7)50-28)16-21(41)35-13-11-19(39)37-17(15-20(40)36-14-12-22(42)44-8)23-25(45-9)27-29(47-23)51-33(4,5)49-27/h17-18,23-30H,11-16H2,1-10H3,(H,35,41)(H,36,40)(H,37,39)(H,38,43). The van der Waals surface area contributed by atoms with Gasteiger partial charge in [0, 0.05) is 46.6 Å². The van der Waals surface area contributed by atoms with E-state index in [2.05, 4.69) is 26.0 Å². The third-order valence-corrected chi connectivity index (χ3v) is 8.80. The number of carbonyl (C=O) groups is 5. The van der Waals surface area contributed by atoms with Crippen molar-refractivity contribution in [1.82, 2.24) is 21.3 Å². The van der Waals surface area contributed by atoms with Crippen molar-refractivity contribution in [3.8, 4) is 0 Å². The molecule has 0 aromatic rings. The molecular weight excluding hydrogens is 704 g/mol. The highest BCUT2D eigenvalue weighted by Gasteiger charge is 2.58. The summed E-state index contributed by atoms with van der Waals surface area (Å²) in [5.74, 6) is -3.78. The number of amides is 4. The van der Waals surface area contributed by atoms with Gasteiger partial charge in [-0.2, -0.15) is 0 Å². The molecule has 4 aliphatic heterocycles. The largest absolute Gasteiger partial charge is 0.469 e. The average molecular weight is 761 g/mol. The molecule has 19 nitrogen and oxygen atoms in total. The Balaban J connectivity index is 1.37. The van der Waals surface area contributed by atoms with E-state index in [0.717, 1.165) is 0 Å². The van der Waals surface area contributed by atoms with Crippen molar-refractivity contribution in [3.63, 3.8) is 0 Å². The van der Waals surface area contributed by atoms with Gasteiger partial charge in [0.05, 0.1) is 25.6 Å². The average Bonchev–Trinajstić information content (AvgIpc) is 3.72. The van der Waals surface area contributed by atoms with Crippen LogP contribution >= 0.6 is 0 Å². The Bertz CT molecular complexity index is 1320. The molecule has 302 valence electrons. The molecule has 0 spiro atoms. The zero-order valence-electron chi connectivity index (χ0n) is 32.1. The number of alkyl carbamates (subject to hydrolysis) is 1. The number of carbonyl (C=O) groups excluding carboxylic acids is 5.